The first-order valence-corrected chi connectivity index (χ1v) is 9.99. The van der Waals surface area contributed by atoms with Gasteiger partial charge < -0.3 is 14.4 Å². The first-order chi connectivity index (χ1) is 9.19. The van der Waals surface area contributed by atoms with E-state index >= 15 is 0 Å². The summed E-state index contributed by atoms with van der Waals surface area (Å²) < 4.78 is 42.1. The highest BCUT2D eigenvalue weighted by molar-refractivity contribution is 8.69. The van der Waals surface area contributed by atoms with Crippen LogP contribution in [0, 0.1) is 0 Å². The topological polar surface area (TPSA) is 65.0 Å². The number of hydrogen-bond acceptors (Lipinski definition) is 6. The summed E-state index contributed by atoms with van der Waals surface area (Å²) in [5.74, 6) is 0. The monoisotopic (exact) mass is 346 g/mol. The van der Waals surface area contributed by atoms with E-state index in [1.807, 2.05) is 13.8 Å². The summed E-state index contributed by atoms with van der Waals surface area (Å²) in [5.41, 5.74) is 0. The second kappa shape index (κ2) is 7.86. The fourth-order valence-corrected chi connectivity index (χ4v) is 4.24. The Morgan fingerprint density at radius 1 is 1.55 bits per heavy atom. The van der Waals surface area contributed by atoms with Gasteiger partial charge in [-0.3, -0.25) is 9.09 Å². The molecule has 0 saturated carbocycles. The Morgan fingerprint density at radius 3 is 2.65 bits per heavy atom. The molecule has 5 nitrogen and oxygen atoms in total. The Balaban J connectivity index is 2.74. The van der Waals surface area contributed by atoms with Crippen LogP contribution in [-0.4, -0.2) is 54.8 Å². The van der Waals surface area contributed by atoms with Crippen LogP contribution in [0.5, 0.6) is 0 Å². The molecular formula is C10H21BFO5PS2. The lowest BCUT2D eigenvalue weighted by Gasteiger charge is -2.25. The molecule has 1 aliphatic rings. The largest absolute Gasteiger partial charge is 0.376 e. The van der Waals surface area contributed by atoms with Crippen LogP contribution in [-0.2, 0) is 18.6 Å². The quantitative estimate of drug-likeness (QED) is 0.316. The van der Waals surface area contributed by atoms with Gasteiger partial charge in [0.15, 0.2) is 0 Å². The van der Waals surface area contributed by atoms with E-state index in [0.29, 0.717) is 0 Å². The third kappa shape index (κ3) is 4.90. The normalized spacial score (nSPS) is 35.1. The summed E-state index contributed by atoms with van der Waals surface area (Å²) in [6.07, 6.45) is -3.31. The first kappa shape index (κ1) is 18.8. The number of ether oxygens (including phenoxy) is 2. The van der Waals surface area contributed by atoms with Crippen LogP contribution >= 0.6 is 30.1 Å². The highest BCUT2D eigenvalue weighted by atomic mass is 33.1. The summed E-state index contributed by atoms with van der Waals surface area (Å²) in [7, 11) is -1.51. The van der Waals surface area contributed by atoms with Gasteiger partial charge in [0.05, 0.1) is 18.7 Å². The van der Waals surface area contributed by atoms with Crippen LogP contribution in [0.2, 0.25) is 0 Å². The molecule has 10 heteroatoms. The molecule has 6 atom stereocenters. The molecule has 0 spiro atoms. The molecule has 0 aromatic heterocycles. The van der Waals surface area contributed by atoms with Gasteiger partial charge in [0, 0.05) is 0 Å². The highest BCUT2D eigenvalue weighted by Gasteiger charge is 2.47. The van der Waals surface area contributed by atoms with Crippen molar-refractivity contribution in [1.82, 2.24) is 0 Å². The molecule has 0 radical (unpaired) electrons. The lowest BCUT2D eigenvalue weighted by Crippen LogP contribution is -2.35. The van der Waals surface area contributed by atoms with Crippen molar-refractivity contribution in [3.05, 3.63) is 0 Å². The Labute approximate surface area is 129 Å². The van der Waals surface area contributed by atoms with Gasteiger partial charge in [-0.1, -0.05) is 10.8 Å². The van der Waals surface area contributed by atoms with Crippen molar-refractivity contribution in [2.24, 2.45) is 0 Å². The minimum Gasteiger partial charge on any atom is -0.376 e. The molecule has 0 aromatic rings. The van der Waals surface area contributed by atoms with E-state index in [4.69, 9.17) is 14.0 Å². The van der Waals surface area contributed by atoms with E-state index in [2.05, 4.69) is 11.7 Å². The maximum Gasteiger partial charge on any atom is 0.342 e. The lowest BCUT2D eigenvalue weighted by molar-refractivity contribution is -0.0436. The zero-order valence-corrected chi connectivity index (χ0v) is 14.5. The molecule has 1 N–H and O–H groups in total. The fraction of sp³-hybridized carbons (Fsp3) is 1.00. The van der Waals surface area contributed by atoms with Gasteiger partial charge in [-0.25, -0.2) is 4.39 Å². The van der Waals surface area contributed by atoms with Crippen molar-refractivity contribution in [3.8, 4) is 0 Å². The fourth-order valence-electron chi connectivity index (χ4n) is 1.77. The molecule has 1 heterocycles. The van der Waals surface area contributed by atoms with E-state index in [1.54, 1.807) is 7.85 Å². The van der Waals surface area contributed by atoms with Gasteiger partial charge >= 0.3 is 7.60 Å². The van der Waals surface area contributed by atoms with Gasteiger partial charge in [0.25, 0.3) is 0 Å². The second-order valence-electron chi connectivity index (χ2n) is 5.05. The van der Waals surface area contributed by atoms with Crippen LogP contribution in [0.1, 0.15) is 20.8 Å². The standard InChI is InChI=1S/C10H21BFO5PS2/c1-5(2)15-4-7-9(8(12)10(11)16-7)17-18(13,14)6(3)20-19/h5-10,19H,4,11H2,1-3H3,(H,13,14)/t6?,7-,8-,9-,10-/m1/s1. The van der Waals surface area contributed by atoms with Crippen LogP contribution in [0.4, 0.5) is 4.39 Å². The van der Waals surface area contributed by atoms with Gasteiger partial charge in [0.1, 0.15) is 31.2 Å². The van der Waals surface area contributed by atoms with E-state index in [0.717, 1.165) is 10.8 Å². The van der Waals surface area contributed by atoms with Crippen molar-refractivity contribution >= 4 is 37.9 Å². The van der Waals surface area contributed by atoms with Crippen LogP contribution in [0.3, 0.4) is 0 Å². The number of alkyl halides is 1. The van der Waals surface area contributed by atoms with Crippen molar-refractivity contribution in [1.29, 1.82) is 0 Å². The van der Waals surface area contributed by atoms with E-state index in [1.165, 1.54) is 6.92 Å². The van der Waals surface area contributed by atoms with Crippen LogP contribution < -0.4 is 0 Å². The predicted molar refractivity (Wildman–Crippen MR) is 83.9 cm³/mol. The number of halogens is 1. The minimum atomic E-state index is -3.97. The van der Waals surface area contributed by atoms with E-state index in [-0.39, 0.29) is 12.7 Å². The third-order valence-electron chi connectivity index (χ3n) is 3.00. The lowest BCUT2D eigenvalue weighted by atomic mass is 9.94. The SMILES string of the molecule is B[C@@H]1O[C@H](COC(C)C)[C@@H](OP(=O)(O)C(C)SS)[C@H]1F. The van der Waals surface area contributed by atoms with Crippen molar-refractivity contribution in [2.45, 2.75) is 56.2 Å². The van der Waals surface area contributed by atoms with E-state index in [9.17, 15) is 13.8 Å². The molecule has 0 aliphatic carbocycles. The summed E-state index contributed by atoms with van der Waals surface area (Å²) in [6, 6.07) is -0.695. The zero-order valence-electron chi connectivity index (χ0n) is 11.9. The molecule has 0 bridgehead atoms. The van der Waals surface area contributed by atoms with Crippen LogP contribution in [0.25, 0.3) is 0 Å². The predicted octanol–water partition coefficient (Wildman–Crippen LogP) is 1.60. The number of rotatable bonds is 7. The minimum absolute atomic E-state index is 0.0407. The summed E-state index contributed by atoms with van der Waals surface area (Å²) in [4.78, 5) is 9.09. The Bertz CT molecular complexity index is 365. The summed E-state index contributed by atoms with van der Waals surface area (Å²) in [6.45, 7) is 5.31. The van der Waals surface area contributed by atoms with Gasteiger partial charge in [-0.15, -0.1) is 11.7 Å². The molecule has 0 amide bonds. The molecule has 0 aromatic carbocycles. The van der Waals surface area contributed by atoms with Gasteiger partial charge in [-0.2, -0.15) is 0 Å². The maximum atomic E-state index is 14.1. The summed E-state index contributed by atoms with van der Waals surface area (Å²) >= 11 is 3.89. The number of hydrogen-bond donors (Lipinski definition) is 2. The molecule has 20 heavy (non-hydrogen) atoms. The number of thiol groups is 1. The van der Waals surface area contributed by atoms with Gasteiger partial charge in [-0.05, 0) is 20.8 Å². The van der Waals surface area contributed by atoms with Crippen molar-refractivity contribution in [3.63, 3.8) is 0 Å². The average Bonchev–Trinajstić information content (AvgIpc) is 2.62. The maximum absolute atomic E-state index is 14.1. The third-order valence-corrected chi connectivity index (χ3v) is 7.33. The molecule has 118 valence electrons. The molecule has 1 saturated heterocycles. The van der Waals surface area contributed by atoms with E-state index < -0.39 is 37.0 Å². The first-order valence-electron chi connectivity index (χ1n) is 6.41. The van der Waals surface area contributed by atoms with Crippen LogP contribution in [0.15, 0.2) is 0 Å². The second-order valence-corrected chi connectivity index (χ2v) is 9.06. The zero-order chi connectivity index (χ0) is 15.5. The molecule has 1 aliphatic heterocycles. The molecule has 2 unspecified atom stereocenters. The van der Waals surface area contributed by atoms with Gasteiger partial charge in [0.2, 0.25) is 0 Å². The Morgan fingerprint density at radius 2 is 2.15 bits per heavy atom. The molecular weight excluding hydrogens is 325 g/mol. The van der Waals surface area contributed by atoms with Crippen molar-refractivity contribution < 1.29 is 27.8 Å². The molecule has 1 fully saturated rings. The average molecular weight is 346 g/mol. The summed E-state index contributed by atoms with van der Waals surface area (Å²) in [5, 5.41) is 0. The smallest absolute Gasteiger partial charge is 0.342 e. The highest BCUT2D eigenvalue weighted by Crippen LogP contribution is 2.55. The Kier molecular flexibility index (Phi) is 7.39. The Hall–Kier alpha value is 0.765. The van der Waals surface area contributed by atoms with Crippen molar-refractivity contribution in [2.75, 3.05) is 6.61 Å². The molecule has 1 rings (SSSR count).